The summed E-state index contributed by atoms with van der Waals surface area (Å²) in [7, 11) is 0. The summed E-state index contributed by atoms with van der Waals surface area (Å²) in [6, 6.07) is 0. The highest BCUT2D eigenvalue weighted by Crippen LogP contribution is 2.03. The molecule has 0 bridgehead atoms. The number of hydrogen-bond acceptors (Lipinski definition) is 2. The van der Waals surface area contributed by atoms with Crippen LogP contribution in [0, 0.1) is 0 Å². The largest absolute Gasteiger partial charge is 0.371 e. The molecule has 9 heavy (non-hydrogen) atoms. The zero-order chi connectivity index (χ0) is 6.69. The normalized spacial score (nSPS) is 36.7. The van der Waals surface area contributed by atoms with Gasteiger partial charge < -0.3 is 10.1 Å². The van der Waals surface area contributed by atoms with Crippen LogP contribution in [0.1, 0.15) is 6.92 Å². The predicted octanol–water partition coefficient (Wildman–Crippen LogP) is 0.602. The summed E-state index contributed by atoms with van der Waals surface area (Å²) in [6.45, 7) is 3.90. The fourth-order valence-electron chi connectivity index (χ4n) is 0.963. The van der Waals surface area contributed by atoms with E-state index < -0.39 is 0 Å². The Hall–Kier alpha value is 0.210. The van der Waals surface area contributed by atoms with Gasteiger partial charge in [0.1, 0.15) is 0 Å². The molecule has 0 saturated carbocycles. The number of nitrogens with one attached hydrogen (secondary N) is 1. The van der Waals surface area contributed by atoms with Gasteiger partial charge in [-0.15, -0.1) is 11.6 Å². The third-order valence-electron chi connectivity index (χ3n) is 1.40. The fraction of sp³-hybridized carbons (Fsp3) is 1.00. The number of halogens is 1. The highest BCUT2D eigenvalue weighted by molar-refractivity contribution is 6.18. The van der Waals surface area contributed by atoms with Crippen molar-refractivity contribution in [3.05, 3.63) is 0 Å². The summed E-state index contributed by atoms with van der Waals surface area (Å²) in [5.41, 5.74) is 0. The minimum Gasteiger partial charge on any atom is -0.371 e. The van der Waals surface area contributed by atoms with E-state index in [-0.39, 0.29) is 6.10 Å². The molecular formula is C6H12ClNO. The Labute approximate surface area is 60.5 Å². The zero-order valence-corrected chi connectivity index (χ0v) is 6.32. The van der Waals surface area contributed by atoms with E-state index in [9.17, 15) is 0 Å². The van der Waals surface area contributed by atoms with Crippen LogP contribution in [0.4, 0.5) is 0 Å². The quantitative estimate of drug-likeness (QED) is 0.552. The summed E-state index contributed by atoms with van der Waals surface area (Å²) in [4.78, 5) is 0. The molecule has 0 aliphatic carbocycles. The molecule has 1 saturated heterocycles. The van der Waals surface area contributed by atoms with Gasteiger partial charge in [-0.05, 0) is 6.92 Å². The highest BCUT2D eigenvalue weighted by Gasteiger charge is 2.16. The number of hydrogen-bond donors (Lipinski definition) is 1. The van der Waals surface area contributed by atoms with Crippen LogP contribution in [0.25, 0.3) is 0 Å². The maximum atomic E-state index is 5.58. The van der Waals surface area contributed by atoms with Gasteiger partial charge in [-0.25, -0.2) is 0 Å². The highest BCUT2D eigenvalue weighted by atomic mass is 35.5. The molecule has 0 unspecified atom stereocenters. The molecule has 0 aromatic rings. The zero-order valence-electron chi connectivity index (χ0n) is 5.56. The lowest BCUT2D eigenvalue weighted by Crippen LogP contribution is -2.44. The van der Waals surface area contributed by atoms with Gasteiger partial charge >= 0.3 is 0 Å². The Morgan fingerprint density at radius 3 is 2.89 bits per heavy atom. The summed E-state index contributed by atoms with van der Waals surface area (Å²) in [6.07, 6.45) is 0.540. The van der Waals surface area contributed by atoms with Gasteiger partial charge in [-0.3, -0.25) is 0 Å². The van der Waals surface area contributed by atoms with Crippen molar-refractivity contribution in [3.63, 3.8) is 0 Å². The molecule has 2 atom stereocenters. The SMILES string of the molecule is C[C@H]1CNC[C@@H](CCl)O1. The summed E-state index contributed by atoms with van der Waals surface area (Å²) in [5, 5.41) is 3.23. The Bertz CT molecular complexity index is 89.1. The van der Waals surface area contributed by atoms with Crippen molar-refractivity contribution < 1.29 is 4.74 Å². The van der Waals surface area contributed by atoms with Crippen LogP contribution >= 0.6 is 11.6 Å². The number of ether oxygens (including phenoxy) is 1. The third-order valence-corrected chi connectivity index (χ3v) is 1.74. The van der Waals surface area contributed by atoms with E-state index in [1.807, 2.05) is 6.92 Å². The van der Waals surface area contributed by atoms with E-state index in [0.717, 1.165) is 13.1 Å². The van der Waals surface area contributed by atoms with Crippen molar-refractivity contribution in [2.45, 2.75) is 19.1 Å². The summed E-state index contributed by atoms with van der Waals surface area (Å²) in [5.74, 6) is 0.595. The Balaban J connectivity index is 2.23. The molecule has 0 radical (unpaired) electrons. The molecule has 1 N–H and O–H groups in total. The van der Waals surface area contributed by atoms with Gasteiger partial charge in [0.05, 0.1) is 12.2 Å². The lowest BCUT2D eigenvalue weighted by molar-refractivity contribution is -0.0148. The van der Waals surface area contributed by atoms with Gasteiger partial charge in [0.15, 0.2) is 0 Å². The van der Waals surface area contributed by atoms with E-state index in [1.165, 1.54) is 0 Å². The van der Waals surface area contributed by atoms with Crippen LogP contribution in [0.5, 0.6) is 0 Å². The number of alkyl halides is 1. The monoisotopic (exact) mass is 149 g/mol. The van der Waals surface area contributed by atoms with Gasteiger partial charge in [-0.1, -0.05) is 0 Å². The molecule has 0 amide bonds. The van der Waals surface area contributed by atoms with Gasteiger partial charge in [0.2, 0.25) is 0 Å². The van der Waals surface area contributed by atoms with E-state index in [2.05, 4.69) is 5.32 Å². The van der Waals surface area contributed by atoms with Crippen molar-refractivity contribution >= 4 is 11.6 Å². The first-order valence-electron chi connectivity index (χ1n) is 3.25. The van der Waals surface area contributed by atoms with Gasteiger partial charge in [-0.2, -0.15) is 0 Å². The van der Waals surface area contributed by atoms with Crippen LogP contribution in [0.2, 0.25) is 0 Å². The molecule has 1 aliphatic heterocycles. The van der Waals surface area contributed by atoms with Crippen LogP contribution < -0.4 is 5.32 Å². The lowest BCUT2D eigenvalue weighted by atomic mass is 10.3. The standard InChI is InChI=1S/C6H12ClNO/c1-5-3-8-4-6(2-7)9-5/h5-6,8H,2-4H2,1H3/t5-,6+/m0/s1. The Kier molecular flexibility index (Phi) is 2.76. The van der Waals surface area contributed by atoms with Crippen molar-refractivity contribution in [1.82, 2.24) is 5.32 Å². The van der Waals surface area contributed by atoms with Crippen LogP contribution in [-0.4, -0.2) is 31.2 Å². The van der Waals surface area contributed by atoms with Crippen molar-refractivity contribution in [1.29, 1.82) is 0 Å². The average molecular weight is 150 g/mol. The fourth-order valence-corrected chi connectivity index (χ4v) is 1.15. The first-order chi connectivity index (χ1) is 4.33. The summed E-state index contributed by atoms with van der Waals surface area (Å²) >= 11 is 5.58. The Morgan fingerprint density at radius 1 is 1.67 bits per heavy atom. The predicted molar refractivity (Wildman–Crippen MR) is 37.9 cm³/mol. The second-order valence-electron chi connectivity index (χ2n) is 2.38. The second kappa shape index (κ2) is 3.40. The maximum absolute atomic E-state index is 5.58. The minimum absolute atomic E-state index is 0.218. The van der Waals surface area contributed by atoms with E-state index in [1.54, 1.807) is 0 Å². The van der Waals surface area contributed by atoms with Crippen molar-refractivity contribution in [2.75, 3.05) is 19.0 Å². The Morgan fingerprint density at radius 2 is 2.44 bits per heavy atom. The van der Waals surface area contributed by atoms with E-state index in [0.29, 0.717) is 12.0 Å². The lowest BCUT2D eigenvalue weighted by Gasteiger charge is -2.26. The third kappa shape index (κ3) is 2.12. The molecular weight excluding hydrogens is 138 g/mol. The van der Waals surface area contributed by atoms with Crippen LogP contribution in [0.15, 0.2) is 0 Å². The molecule has 0 aromatic carbocycles. The average Bonchev–Trinajstić information content (AvgIpc) is 1.88. The second-order valence-corrected chi connectivity index (χ2v) is 2.69. The summed E-state index contributed by atoms with van der Waals surface area (Å²) < 4.78 is 5.44. The van der Waals surface area contributed by atoms with Crippen LogP contribution in [0.3, 0.4) is 0 Å². The smallest absolute Gasteiger partial charge is 0.0838 e. The first-order valence-corrected chi connectivity index (χ1v) is 3.78. The molecule has 54 valence electrons. The maximum Gasteiger partial charge on any atom is 0.0838 e. The molecule has 0 aromatic heterocycles. The molecule has 1 fully saturated rings. The number of morpholine rings is 1. The topological polar surface area (TPSA) is 21.3 Å². The van der Waals surface area contributed by atoms with Gasteiger partial charge in [0, 0.05) is 19.0 Å². The minimum atomic E-state index is 0.218. The van der Waals surface area contributed by atoms with Crippen molar-refractivity contribution in [3.8, 4) is 0 Å². The molecule has 1 aliphatic rings. The van der Waals surface area contributed by atoms with Crippen LogP contribution in [-0.2, 0) is 4.74 Å². The molecule has 3 heteroatoms. The van der Waals surface area contributed by atoms with Crippen molar-refractivity contribution in [2.24, 2.45) is 0 Å². The van der Waals surface area contributed by atoms with E-state index >= 15 is 0 Å². The number of rotatable bonds is 1. The van der Waals surface area contributed by atoms with E-state index in [4.69, 9.17) is 16.3 Å². The first kappa shape index (κ1) is 7.32. The molecule has 2 nitrogen and oxygen atoms in total. The molecule has 0 spiro atoms. The molecule has 1 rings (SSSR count). The van der Waals surface area contributed by atoms with Gasteiger partial charge in [0.25, 0.3) is 0 Å². The molecule has 1 heterocycles.